The van der Waals surface area contributed by atoms with Gasteiger partial charge in [-0.1, -0.05) is 46.5 Å². The first-order valence-electron chi connectivity index (χ1n) is 8.13. The molecule has 0 aromatic rings. The molecule has 0 aromatic heterocycles. The van der Waals surface area contributed by atoms with Crippen LogP contribution in [0.3, 0.4) is 0 Å². The lowest BCUT2D eigenvalue weighted by molar-refractivity contribution is 0.0374. The fraction of sp³-hybridized carbons (Fsp3) is 1.00. The number of hydrogen-bond acceptors (Lipinski definition) is 2. The maximum atomic E-state index is 6.19. The zero-order chi connectivity index (χ0) is 13.4. The lowest BCUT2D eigenvalue weighted by Crippen LogP contribution is -2.56. The van der Waals surface area contributed by atoms with Gasteiger partial charge in [0.25, 0.3) is 0 Å². The van der Waals surface area contributed by atoms with E-state index in [4.69, 9.17) is 5.73 Å². The van der Waals surface area contributed by atoms with Crippen LogP contribution in [0.2, 0.25) is 0 Å². The van der Waals surface area contributed by atoms with Gasteiger partial charge < -0.3 is 5.73 Å². The molecule has 0 amide bonds. The predicted molar refractivity (Wildman–Crippen MR) is 80.8 cm³/mol. The van der Waals surface area contributed by atoms with Gasteiger partial charge in [-0.15, -0.1) is 0 Å². The average Bonchev–Trinajstić information content (AvgIpc) is 2.38. The molecule has 2 atom stereocenters. The largest absolute Gasteiger partial charge is 0.329 e. The summed E-state index contributed by atoms with van der Waals surface area (Å²) < 4.78 is 0. The Bertz CT molecular complexity index is 217. The van der Waals surface area contributed by atoms with Gasteiger partial charge in [-0.05, 0) is 44.7 Å². The van der Waals surface area contributed by atoms with Gasteiger partial charge in [0.2, 0.25) is 0 Å². The van der Waals surface area contributed by atoms with Crippen LogP contribution in [0.4, 0.5) is 0 Å². The third kappa shape index (κ3) is 4.24. The minimum Gasteiger partial charge on any atom is -0.329 e. The van der Waals surface area contributed by atoms with Gasteiger partial charge in [0, 0.05) is 12.1 Å². The van der Waals surface area contributed by atoms with E-state index >= 15 is 0 Å². The van der Waals surface area contributed by atoms with E-state index in [9.17, 15) is 0 Å². The highest BCUT2D eigenvalue weighted by Crippen LogP contribution is 2.36. The van der Waals surface area contributed by atoms with E-state index in [0.717, 1.165) is 12.5 Å². The van der Waals surface area contributed by atoms with Crippen molar-refractivity contribution in [3.05, 3.63) is 0 Å². The Hall–Kier alpha value is -0.0800. The quantitative estimate of drug-likeness (QED) is 0.668. The van der Waals surface area contributed by atoms with Crippen LogP contribution in [0.5, 0.6) is 0 Å². The van der Waals surface area contributed by atoms with Crippen LogP contribution in [-0.2, 0) is 0 Å². The highest BCUT2D eigenvalue weighted by atomic mass is 15.2. The second kappa shape index (κ2) is 8.16. The van der Waals surface area contributed by atoms with Crippen LogP contribution in [0.25, 0.3) is 0 Å². The highest BCUT2D eigenvalue weighted by Gasteiger charge is 2.38. The summed E-state index contributed by atoms with van der Waals surface area (Å²) >= 11 is 0. The lowest BCUT2D eigenvalue weighted by Gasteiger charge is -2.48. The summed E-state index contributed by atoms with van der Waals surface area (Å²) in [7, 11) is 0. The standard InChI is InChI=1S/C16H34N2/c1-4-6-7-12-18(11-5-2)16(14-17)10-8-9-15(3)13-16/h15H,4-14,17H2,1-3H3. The lowest BCUT2D eigenvalue weighted by atomic mass is 9.75. The van der Waals surface area contributed by atoms with Gasteiger partial charge in [-0.3, -0.25) is 4.90 Å². The van der Waals surface area contributed by atoms with E-state index in [1.807, 2.05) is 0 Å². The Kier molecular flexibility index (Phi) is 7.25. The molecule has 1 aliphatic rings. The SMILES string of the molecule is CCCCCN(CCC)C1(CN)CCCC(C)C1. The van der Waals surface area contributed by atoms with E-state index in [1.54, 1.807) is 0 Å². The summed E-state index contributed by atoms with van der Waals surface area (Å²) in [5.41, 5.74) is 6.52. The molecule has 2 heteroatoms. The fourth-order valence-electron chi connectivity index (χ4n) is 3.64. The van der Waals surface area contributed by atoms with Gasteiger partial charge in [0.15, 0.2) is 0 Å². The Labute approximate surface area is 114 Å². The molecule has 1 rings (SSSR count). The summed E-state index contributed by atoms with van der Waals surface area (Å²) in [6, 6.07) is 0. The molecule has 2 N–H and O–H groups in total. The Balaban J connectivity index is 2.65. The molecular formula is C16H34N2. The van der Waals surface area contributed by atoms with E-state index in [2.05, 4.69) is 25.7 Å². The maximum absolute atomic E-state index is 6.19. The third-order valence-electron chi connectivity index (χ3n) is 4.64. The number of unbranched alkanes of at least 4 members (excludes halogenated alkanes) is 2. The first-order valence-corrected chi connectivity index (χ1v) is 8.13. The highest BCUT2D eigenvalue weighted by molar-refractivity contribution is 4.95. The predicted octanol–water partition coefficient (Wildman–Crippen LogP) is 3.80. The van der Waals surface area contributed by atoms with E-state index < -0.39 is 0 Å². The number of rotatable bonds is 8. The Morgan fingerprint density at radius 3 is 2.50 bits per heavy atom. The zero-order valence-electron chi connectivity index (χ0n) is 12.9. The van der Waals surface area contributed by atoms with Gasteiger partial charge in [0.1, 0.15) is 0 Å². The molecule has 0 aliphatic heterocycles. The van der Waals surface area contributed by atoms with Crippen LogP contribution in [-0.4, -0.2) is 30.1 Å². The molecule has 0 heterocycles. The molecule has 1 fully saturated rings. The summed E-state index contributed by atoms with van der Waals surface area (Å²) in [5.74, 6) is 0.854. The molecule has 0 bridgehead atoms. The number of nitrogens with two attached hydrogens (primary N) is 1. The minimum absolute atomic E-state index is 0.321. The normalized spacial score (nSPS) is 28.8. The second-order valence-corrected chi connectivity index (χ2v) is 6.32. The molecule has 0 spiro atoms. The molecule has 108 valence electrons. The van der Waals surface area contributed by atoms with Gasteiger partial charge in [0.05, 0.1) is 0 Å². The van der Waals surface area contributed by atoms with E-state index in [-0.39, 0.29) is 0 Å². The molecule has 0 radical (unpaired) electrons. The van der Waals surface area contributed by atoms with Crippen molar-refractivity contribution in [2.75, 3.05) is 19.6 Å². The molecule has 0 saturated heterocycles. The maximum Gasteiger partial charge on any atom is 0.0334 e. The van der Waals surface area contributed by atoms with Crippen molar-refractivity contribution in [1.29, 1.82) is 0 Å². The van der Waals surface area contributed by atoms with Crippen molar-refractivity contribution < 1.29 is 0 Å². The van der Waals surface area contributed by atoms with Crippen molar-refractivity contribution in [1.82, 2.24) is 4.90 Å². The Morgan fingerprint density at radius 1 is 1.17 bits per heavy atom. The molecular weight excluding hydrogens is 220 g/mol. The topological polar surface area (TPSA) is 29.3 Å². The summed E-state index contributed by atoms with van der Waals surface area (Å²) in [5, 5.41) is 0. The van der Waals surface area contributed by atoms with Gasteiger partial charge in [-0.2, -0.15) is 0 Å². The summed E-state index contributed by atoms with van der Waals surface area (Å²) in [4.78, 5) is 2.73. The van der Waals surface area contributed by atoms with Crippen molar-refractivity contribution in [2.24, 2.45) is 11.7 Å². The Morgan fingerprint density at radius 2 is 1.94 bits per heavy atom. The summed E-state index contributed by atoms with van der Waals surface area (Å²) in [6.07, 6.45) is 10.7. The monoisotopic (exact) mass is 254 g/mol. The first-order chi connectivity index (χ1) is 8.68. The molecule has 18 heavy (non-hydrogen) atoms. The van der Waals surface area contributed by atoms with E-state index in [0.29, 0.717) is 5.54 Å². The average molecular weight is 254 g/mol. The van der Waals surface area contributed by atoms with Crippen LogP contribution < -0.4 is 5.73 Å². The van der Waals surface area contributed by atoms with Crippen molar-refractivity contribution in [3.8, 4) is 0 Å². The number of nitrogens with zero attached hydrogens (tertiary/aromatic N) is 1. The molecule has 2 nitrogen and oxygen atoms in total. The second-order valence-electron chi connectivity index (χ2n) is 6.32. The van der Waals surface area contributed by atoms with Crippen molar-refractivity contribution >= 4 is 0 Å². The van der Waals surface area contributed by atoms with Crippen molar-refractivity contribution in [3.63, 3.8) is 0 Å². The van der Waals surface area contributed by atoms with Gasteiger partial charge in [-0.25, -0.2) is 0 Å². The molecule has 0 aromatic carbocycles. The van der Waals surface area contributed by atoms with Gasteiger partial charge >= 0.3 is 0 Å². The third-order valence-corrected chi connectivity index (χ3v) is 4.64. The van der Waals surface area contributed by atoms with Crippen LogP contribution in [0.15, 0.2) is 0 Å². The van der Waals surface area contributed by atoms with Crippen LogP contribution >= 0.6 is 0 Å². The molecule has 2 unspecified atom stereocenters. The molecule has 1 saturated carbocycles. The van der Waals surface area contributed by atoms with Crippen LogP contribution in [0.1, 0.15) is 72.1 Å². The van der Waals surface area contributed by atoms with E-state index in [1.165, 1.54) is 64.5 Å². The number of hydrogen-bond donors (Lipinski definition) is 1. The fourth-order valence-corrected chi connectivity index (χ4v) is 3.64. The summed E-state index contributed by atoms with van der Waals surface area (Å²) in [6.45, 7) is 10.3. The van der Waals surface area contributed by atoms with Crippen LogP contribution in [0, 0.1) is 5.92 Å². The minimum atomic E-state index is 0.321. The molecule has 1 aliphatic carbocycles. The first kappa shape index (κ1) is 16.0. The smallest absolute Gasteiger partial charge is 0.0334 e. The van der Waals surface area contributed by atoms with Crippen molar-refractivity contribution in [2.45, 2.75) is 77.7 Å². The zero-order valence-corrected chi connectivity index (χ0v) is 12.9.